The van der Waals surface area contributed by atoms with E-state index in [4.69, 9.17) is 9.47 Å². The predicted octanol–water partition coefficient (Wildman–Crippen LogP) is 3.66. The molecule has 0 aromatic heterocycles. The number of ether oxygens (including phenoxy) is 2. The Kier molecular flexibility index (Phi) is 5.88. The molecule has 0 radical (unpaired) electrons. The third kappa shape index (κ3) is 5.34. The topological polar surface area (TPSA) is 30.5 Å². The molecule has 1 aliphatic heterocycles. The number of hydrogen-bond donors (Lipinski definition) is 1. The highest BCUT2D eigenvalue weighted by atomic mass is 16.5. The molecule has 0 unspecified atom stereocenters. The minimum absolute atomic E-state index is 0.0613. The highest BCUT2D eigenvalue weighted by Gasteiger charge is 2.35. The summed E-state index contributed by atoms with van der Waals surface area (Å²) in [5.41, 5.74) is 0.226. The summed E-state index contributed by atoms with van der Waals surface area (Å²) in [6.07, 6.45) is 10.3. The van der Waals surface area contributed by atoms with Crippen molar-refractivity contribution in [2.75, 3.05) is 19.8 Å². The van der Waals surface area contributed by atoms with Gasteiger partial charge >= 0.3 is 0 Å². The fourth-order valence-electron chi connectivity index (χ4n) is 3.28. The van der Waals surface area contributed by atoms with E-state index in [-0.39, 0.29) is 11.1 Å². The van der Waals surface area contributed by atoms with Crippen LogP contribution in [-0.2, 0) is 9.47 Å². The molecule has 2 fully saturated rings. The van der Waals surface area contributed by atoms with Gasteiger partial charge in [0.1, 0.15) is 0 Å². The lowest BCUT2D eigenvalue weighted by atomic mass is 9.92. The smallest absolute Gasteiger partial charge is 0.0810 e. The van der Waals surface area contributed by atoms with Crippen LogP contribution in [0.2, 0.25) is 0 Å². The van der Waals surface area contributed by atoms with Gasteiger partial charge in [0.15, 0.2) is 0 Å². The van der Waals surface area contributed by atoms with Crippen LogP contribution in [0, 0.1) is 0 Å². The summed E-state index contributed by atoms with van der Waals surface area (Å²) in [5.74, 6) is 0. The Morgan fingerprint density at radius 2 is 1.65 bits per heavy atom. The summed E-state index contributed by atoms with van der Waals surface area (Å²) in [7, 11) is 0. The Morgan fingerprint density at radius 3 is 2.20 bits per heavy atom. The molecule has 20 heavy (non-hydrogen) atoms. The molecule has 1 aliphatic carbocycles. The first-order valence-corrected chi connectivity index (χ1v) is 8.50. The van der Waals surface area contributed by atoms with E-state index in [1.165, 1.54) is 38.5 Å². The van der Waals surface area contributed by atoms with Crippen LogP contribution in [-0.4, -0.2) is 37.0 Å². The number of nitrogens with one attached hydrogen (secondary N) is 1. The molecule has 1 heterocycles. The fourth-order valence-corrected chi connectivity index (χ4v) is 3.28. The molecule has 118 valence electrons. The van der Waals surface area contributed by atoms with E-state index in [0.29, 0.717) is 6.10 Å². The van der Waals surface area contributed by atoms with Gasteiger partial charge in [-0.2, -0.15) is 0 Å². The SMILES string of the molecule is CC(C)(C)NCC1(OC2CCOCC2)CCCCCC1. The first-order valence-electron chi connectivity index (χ1n) is 8.50. The van der Waals surface area contributed by atoms with Gasteiger partial charge in [0, 0.05) is 25.3 Å². The van der Waals surface area contributed by atoms with Crippen molar-refractivity contribution in [2.24, 2.45) is 0 Å². The van der Waals surface area contributed by atoms with Crippen molar-refractivity contribution in [2.45, 2.75) is 89.4 Å². The first-order chi connectivity index (χ1) is 9.49. The molecule has 1 saturated carbocycles. The van der Waals surface area contributed by atoms with Gasteiger partial charge in [-0.25, -0.2) is 0 Å². The van der Waals surface area contributed by atoms with Crippen LogP contribution in [0.4, 0.5) is 0 Å². The van der Waals surface area contributed by atoms with E-state index in [9.17, 15) is 0 Å². The van der Waals surface area contributed by atoms with Gasteiger partial charge in [-0.05, 0) is 46.5 Å². The van der Waals surface area contributed by atoms with Crippen LogP contribution in [0.5, 0.6) is 0 Å². The highest BCUT2D eigenvalue weighted by molar-refractivity contribution is 4.89. The van der Waals surface area contributed by atoms with E-state index in [1.807, 2.05) is 0 Å². The monoisotopic (exact) mass is 283 g/mol. The van der Waals surface area contributed by atoms with Crippen LogP contribution < -0.4 is 5.32 Å². The third-order valence-electron chi connectivity index (χ3n) is 4.54. The van der Waals surface area contributed by atoms with Crippen LogP contribution in [0.25, 0.3) is 0 Å². The van der Waals surface area contributed by atoms with Gasteiger partial charge in [-0.1, -0.05) is 25.7 Å². The molecule has 1 N–H and O–H groups in total. The van der Waals surface area contributed by atoms with Gasteiger partial charge in [0.25, 0.3) is 0 Å². The molecule has 0 aromatic rings. The molecule has 0 atom stereocenters. The lowest BCUT2D eigenvalue weighted by Crippen LogP contribution is -2.51. The van der Waals surface area contributed by atoms with Crippen molar-refractivity contribution in [3.8, 4) is 0 Å². The Balaban J connectivity index is 1.97. The van der Waals surface area contributed by atoms with Gasteiger partial charge in [0.05, 0.1) is 11.7 Å². The van der Waals surface area contributed by atoms with E-state index >= 15 is 0 Å². The molecule has 1 saturated heterocycles. The standard InChI is InChI=1S/C17H33NO2/c1-16(2,3)18-14-17(10-6-4-5-7-11-17)20-15-8-12-19-13-9-15/h15,18H,4-14H2,1-3H3. The minimum Gasteiger partial charge on any atom is -0.381 e. The molecule has 0 bridgehead atoms. The molecular formula is C17H33NO2. The van der Waals surface area contributed by atoms with Crippen molar-refractivity contribution in [3.63, 3.8) is 0 Å². The van der Waals surface area contributed by atoms with Crippen molar-refractivity contribution in [1.29, 1.82) is 0 Å². The van der Waals surface area contributed by atoms with Crippen LogP contribution in [0.15, 0.2) is 0 Å². The number of hydrogen-bond acceptors (Lipinski definition) is 3. The normalized spacial score (nSPS) is 25.4. The largest absolute Gasteiger partial charge is 0.381 e. The summed E-state index contributed by atoms with van der Waals surface area (Å²) in [6.45, 7) is 9.46. The lowest BCUT2D eigenvalue weighted by molar-refractivity contribution is -0.132. The maximum Gasteiger partial charge on any atom is 0.0810 e. The second-order valence-electron chi connectivity index (χ2n) is 7.63. The molecule has 0 amide bonds. The van der Waals surface area contributed by atoms with Gasteiger partial charge in [0.2, 0.25) is 0 Å². The molecule has 2 aliphatic rings. The van der Waals surface area contributed by atoms with Crippen LogP contribution >= 0.6 is 0 Å². The zero-order chi connectivity index (χ0) is 14.5. The summed E-state index contributed by atoms with van der Waals surface area (Å²) in [5, 5.41) is 3.69. The lowest BCUT2D eigenvalue weighted by Gasteiger charge is -2.40. The van der Waals surface area contributed by atoms with Crippen molar-refractivity contribution in [3.05, 3.63) is 0 Å². The summed E-state index contributed by atoms with van der Waals surface area (Å²) >= 11 is 0. The highest BCUT2D eigenvalue weighted by Crippen LogP contribution is 2.33. The first kappa shape index (κ1) is 16.3. The molecule has 0 aromatic carbocycles. The molecule has 3 nitrogen and oxygen atoms in total. The van der Waals surface area contributed by atoms with Gasteiger partial charge in [-0.3, -0.25) is 0 Å². The Morgan fingerprint density at radius 1 is 1.05 bits per heavy atom. The zero-order valence-corrected chi connectivity index (χ0v) is 13.7. The zero-order valence-electron chi connectivity index (χ0n) is 13.7. The maximum absolute atomic E-state index is 6.65. The van der Waals surface area contributed by atoms with E-state index in [2.05, 4.69) is 26.1 Å². The second-order valence-corrected chi connectivity index (χ2v) is 7.63. The van der Waals surface area contributed by atoms with E-state index in [1.54, 1.807) is 0 Å². The Bertz CT molecular complexity index is 271. The van der Waals surface area contributed by atoms with Crippen LogP contribution in [0.1, 0.15) is 72.1 Å². The molecular weight excluding hydrogens is 250 g/mol. The van der Waals surface area contributed by atoms with E-state index < -0.39 is 0 Å². The Hall–Kier alpha value is -0.120. The maximum atomic E-state index is 6.65. The summed E-state index contributed by atoms with van der Waals surface area (Å²) in [4.78, 5) is 0. The predicted molar refractivity (Wildman–Crippen MR) is 83.1 cm³/mol. The summed E-state index contributed by atoms with van der Waals surface area (Å²) < 4.78 is 12.1. The molecule has 2 rings (SSSR count). The van der Waals surface area contributed by atoms with E-state index in [0.717, 1.165) is 32.6 Å². The van der Waals surface area contributed by atoms with Crippen molar-refractivity contribution < 1.29 is 9.47 Å². The minimum atomic E-state index is 0.0613. The van der Waals surface area contributed by atoms with Gasteiger partial charge < -0.3 is 14.8 Å². The number of rotatable bonds is 4. The average Bonchev–Trinajstić information content (AvgIpc) is 2.63. The summed E-state index contributed by atoms with van der Waals surface area (Å²) in [6, 6.07) is 0. The average molecular weight is 283 g/mol. The Labute approximate surface area is 124 Å². The molecule has 0 spiro atoms. The fraction of sp³-hybridized carbons (Fsp3) is 1.00. The second kappa shape index (κ2) is 7.24. The van der Waals surface area contributed by atoms with Crippen LogP contribution in [0.3, 0.4) is 0 Å². The third-order valence-corrected chi connectivity index (χ3v) is 4.54. The van der Waals surface area contributed by atoms with Gasteiger partial charge in [-0.15, -0.1) is 0 Å². The van der Waals surface area contributed by atoms with Crippen molar-refractivity contribution in [1.82, 2.24) is 5.32 Å². The van der Waals surface area contributed by atoms with Crippen molar-refractivity contribution >= 4 is 0 Å². The molecule has 3 heteroatoms. The quantitative estimate of drug-likeness (QED) is 0.799.